The van der Waals surface area contributed by atoms with Crippen LogP contribution in [0.3, 0.4) is 0 Å². The van der Waals surface area contributed by atoms with Crippen LogP contribution >= 0.6 is 0 Å². The van der Waals surface area contributed by atoms with Gasteiger partial charge in [-0.25, -0.2) is 0 Å². The molecule has 0 radical (unpaired) electrons. The van der Waals surface area contributed by atoms with Gasteiger partial charge in [0.1, 0.15) is 0 Å². The third kappa shape index (κ3) is 2.19. The fourth-order valence-electron chi connectivity index (χ4n) is 3.43. The summed E-state index contributed by atoms with van der Waals surface area (Å²) in [6, 6.07) is 9.49. The highest BCUT2D eigenvalue weighted by Gasteiger charge is 2.37. The number of fused-ring (bicyclic) bond motifs is 1. The van der Waals surface area contributed by atoms with Gasteiger partial charge in [0.2, 0.25) is 0 Å². The molecular formula is C16H23NO. The van der Waals surface area contributed by atoms with E-state index in [0.717, 1.165) is 25.4 Å². The van der Waals surface area contributed by atoms with Crippen LogP contribution in [0.25, 0.3) is 0 Å². The SMILES string of the molecule is CCN(C1CC1)C1CCCc2ccccc2C1O. The molecule has 2 nitrogen and oxygen atoms in total. The summed E-state index contributed by atoms with van der Waals surface area (Å²) in [4.78, 5) is 2.53. The Morgan fingerprint density at radius 3 is 2.72 bits per heavy atom. The van der Waals surface area contributed by atoms with Gasteiger partial charge < -0.3 is 5.11 Å². The number of benzene rings is 1. The highest BCUT2D eigenvalue weighted by molar-refractivity contribution is 5.31. The van der Waals surface area contributed by atoms with Gasteiger partial charge in [-0.1, -0.05) is 31.2 Å². The number of nitrogens with zero attached hydrogens (tertiary/aromatic N) is 1. The van der Waals surface area contributed by atoms with Crippen molar-refractivity contribution in [3.05, 3.63) is 35.4 Å². The number of hydrogen-bond acceptors (Lipinski definition) is 2. The Kier molecular flexibility index (Phi) is 3.40. The Hall–Kier alpha value is -0.860. The molecule has 2 unspecified atom stereocenters. The van der Waals surface area contributed by atoms with E-state index in [2.05, 4.69) is 36.1 Å². The van der Waals surface area contributed by atoms with Gasteiger partial charge in [0.15, 0.2) is 0 Å². The van der Waals surface area contributed by atoms with Crippen molar-refractivity contribution in [3.63, 3.8) is 0 Å². The summed E-state index contributed by atoms with van der Waals surface area (Å²) in [5.74, 6) is 0. The van der Waals surface area contributed by atoms with Gasteiger partial charge in [0, 0.05) is 12.1 Å². The first kappa shape index (κ1) is 12.2. The minimum absolute atomic E-state index is 0.302. The van der Waals surface area contributed by atoms with Crippen LogP contribution in [0, 0.1) is 0 Å². The van der Waals surface area contributed by atoms with Crippen molar-refractivity contribution in [1.82, 2.24) is 4.90 Å². The van der Waals surface area contributed by atoms with Crippen LogP contribution < -0.4 is 0 Å². The number of aliphatic hydroxyl groups excluding tert-OH is 1. The second-order valence-corrected chi connectivity index (χ2v) is 5.66. The largest absolute Gasteiger partial charge is 0.387 e. The predicted molar refractivity (Wildman–Crippen MR) is 73.5 cm³/mol. The number of aliphatic hydroxyl groups is 1. The third-order valence-electron chi connectivity index (χ3n) is 4.49. The van der Waals surface area contributed by atoms with Crippen molar-refractivity contribution >= 4 is 0 Å². The molecule has 0 aromatic heterocycles. The van der Waals surface area contributed by atoms with E-state index in [4.69, 9.17) is 0 Å². The average molecular weight is 245 g/mol. The minimum atomic E-state index is -0.302. The first-order valence-electron chi connectivity index (χ1n) is 7.33. The highest BCUT2D eigenvalue weighted by Crippen LogP contribution is 2.37. The quantitative estimate of drug-likeness (QED) is 0.828. The lowest BCUT2D eigenvalue weighted by Crippen LogP contribution is -2.40. The van der Waals surface area contributed by atoms with Crippen molar-refractivity contribution in [2.24, 2.45) is 0 Å². The summed E-state index contributed by atoms with van der Waals surface area (Å²) in [6.45, 7) is 3.29. The molecule has 1 aromatic carbocycles. The molecule has 0 amide bonds. The van der Waals surface area contributed by atoms with E-state index in [1.165, 1.54) is 30.4 Å². The molecule has 1 saturated carbocycles. The average Bonchev–Trinajstić information content (AvgIpc) is 3.22. The number of likely N-dealkylation sites (N-methyl/N-ethyl adjacent to an activating group) is 1. The van der Waals surface area contributed by atoms with Crippen LogP contribution in [-0.4, -0.2) is 28.6 Å². The molecule has 0 bridgehead atoms. The van der Waals surface area contributed by atoms with Crippen molar-refractivity contribution in [1.29, 1.82) is 0 Å². The maximum atomic E-state index is 10.7. The molecule has 2 aliphatic rings. The summed E-state index contributed by atoms with van der Waals surface area (Å²) in [5, 5.41) is 10.7. The second kappa shape index (κ2) is 5.02. The van der Waals surface area contributed by atoms with Crippen LogP contribution in [0.5, 0.6) is 0 Å². The fourth-order valence-corrected chi connectivity index (χ4v) is 3.43. The van der Waals surface area contributed by atoms with E-state index in [1.807, 2.05) is 0 Å². The van der Waals surface area contributed by atoms with E-state index in [0.29, 0.717) is 6.04 Å². The van der Waals surface area contributed by atoms with E-state index >= 15 is 0 Å². The molecule has 3 rings (SSSR count). The molecule has 2 aliphatic carbocycles. The molecule has 1 fully saturated rings. The lowest BCUT2D eigenvalue weighted by Gasteiger charge is -2.33. The van der Waals surface area contributed by atoms with Crippen molar-refractivity contribution < 1.29 is 5.11 Å². The van der Waals surface area contributed by atoms with Gasteiger partial charge in [0.25, 0.3) is 0 Å². The van der Waals surface area contributed by atoms with Gasteiger partial charge in [-0.05, 0) is 49.8 Å². The van der Waals surface area contributed by atoms with E-state index in [-0.39, 0.29) is 6.10 Å². The van der Waals surface area contributed by atoms with E-state index in [1.54, 1.807) is 0 Å². The molecule has 18 heavy (non-hydrogen) atoms. The lowest BCUT2D eigenvalue weighted by atomic mass is 9.97. The van der Waals surface area contributed by atoms with Crippen molar-refractivity contribution in [2.75, 3.05) is 6.54 Å². The van der Waals surface area contributed by atoms with Gasteiger partial charge in [-0.15, -0.1) is 0 Å². The summed E-state index contributed by atoms with van der Waals surface area (Å²) >= 11 is 0. The molecule has 98 valence electrons. The zero-order valence-corrected chi connectivity index (χ0v) is 11.2. The maximum Gasteiger partial charge on any atom is 0.0947 e. The topological polar surface area (TPSA) is 23.5 Å². The molecule has 0 spiro atoms. The maximum absolute atomic E-state index is 10.7. The monoisotopic (exact) mass is 245 g/mol. The van der Waals surface area contributed by atoms with Crippen molar-refractivity contribution in [3.8, 4) is 0 Å². The van der Waals surface area contributed by atoms with Gasteiger partial charge in [-0.2, -0.15) is 0 Å². The predicted octanol–water partition coefficient (Wildman–Crippen LogP) is 2.91. The molecule has 0 aliphatic heterocycles. The van der Waals surface area contributed by atoms with E-state index in [9.17, 15) is 5.11 Å². The summed E-state index contributed by atoms with van der Waals surface area (Å²) < 4.78 is 0. The third-order valence-corrected chi connectivity index (χ3v) is 4.49. The summed E-state index contributed by atoms with van der Waals surface area (Å²) in [7, 11) is 0. The van der Waals surface area contributed by atoms with Crippen LogP contribution in [0.15, 0.2) is 24.3 Å². The number of aryl methyl sites for hydroxylation is 1. The number of hydrogen-bond donors (Lipinski definition) is 1. The molecule has 1 aromatic rings. The second-order valence-electron chi connectivity index (χ2n) is 5.66. The fraction of sp³-hybridized carbons (Fsp3) is 0.625. The first-order chi connectivity index (χ1) is 8.81. The van der Waals surface area contributed by atoms with Gasteiger partial charge >= 0.3 is 0 Å². The molecule has 2 heteroatoms. The molecule has 1 N–H and O–H groups in total. The lowest BCUT2D eigenvalue weighted by molar-refractivity contribution is 0.0427. The Balaban J connectivity index is 1.88. The van der Waals surface area contributed by atoms with Gasteiger partial charge in [0.05, 0.1) is 6.10 Å². The number of rotatable bonds is 3. The van der Waals surface area contributed by atoms with Crippen LogP contribution in [0.1, 0.15) is 49.8 Å². The summed E-state index contributed by atoms with van der Waals surface area (Å²) in [6.07, 6.45) is 5.77. The minimum Gasteiger partial charge on any atom is -0.387 e. The molecule has 2 atom stereocenters. The van der Waals surface area contributed by atoms with Crippen LogP contribution in [0.4, 0.5) is 0 Å². The standard InChI is InChI=1S/C16H23NO/c1-2-17(13-10-11-13)15-9-5-7-12-6-3-4-8-14(12)16(15)18/h3-4,6,8,13,15-16,18H,2,5,7,9-11H2,1H3. The smallest absolute Gasteiger partial charge is 0.0947 e. The van der Waals surface area contributed by atoms with Crippen LogP contribution in [-0.2, 0) is 6.42 Å². The Bertz CT molecular complexity index is 413. The van der Waals surface area contributed by atoms with Crippen molar-refractivity contribution in [2.45, 2.75) is 57.2 Å². The zero-order valence-electron chi connectivity index (χ0n) is 11.2. The zero-order chi connectivity index (χ0) is 12.5. The Labute approximate surface area is 110 Å². The van der Waals surface area contributed by atoms with Gasteiger partial charge in [-0.3, -0.25) is 4.90 Å². The Morgan fingerprint density at radius 1 is 1.22 bits per heavy atom. The van der Waals surface area contributed by atoms with E-state index < -0.39 is 0 Å². The Morgan fingerprint density at radius 2 is 2.00 bits per heavy atom. The highest BCUT2D eigenvalue weighted by atomic mass is 16.3. The normalized spacial score (nSPS) is 27.9. The first-order valence-corrected chi connectivity index (χ1v) is 7.33. The molecule has 0 saturated heterocycles. The summed E-state index contributed by atoms with van der Waals surface area (Å²) in [5.41, 5.74) is 2.51. The molecular weight excluding hydrogens is 222 g/mol. The van der Waals surface area contributed by atoms with Crippen LogP contribution in [0.2, 0.25) is 0 Å². The molecule has 0 heterocycles.